The second-order valence-electron chi connectivity index (χ2n) is 5.23. The zero-order valence-electron chi connectivity index (χ0n) is 13.3. The van der Waals surface area contributed by atoms with Gasteiger partial charge in [0.15, 0.2) is 16.7 Å². The standard InChI is InChI=1S/C17H21N3OS/c1-11-7-8-14(12(2)10-11)13(3)19-17(22)20-16-15(21-4)6-5-9-18-16/h5-10,13H,1-4H3,(H2,18,19,20,22)/t13-/m1/s1. The number of anilines is 1. The monoisotopic (exact) mass is 315 g/mol. The Morgan fingerprint density at radius 1 is 1.27 bits per heavy atom. The molecular formula is C17H21N3OS. The summed E-state index contributed by atoms with van der Waals surface area (Å²) in [7, 11) is 1.61. The summed E-state index contributed by atoms with van der Waals surface area (Å²) in [5.41, 5.74) is 3.73. The smallest absolute Gasteiger partial charge is 0.174 e. The highest BCUT2D eigenvalue weighted by molar-refractivity contribution is 7.80. The van der Waals surface area contributed by atoms with Crippen molar-refractivity contribution >= 4 is 23.1 Å². The fourth-order valence-electron chi connectivity index (χ4n) is 2.38. The summed E-state index contributed by atoms with van der Waals surface area (Å²) < 4.78 is 5.26. The number of thiocarbonyl (C=S) groups is 1. The van der Waals surface area contributed by atoms with Gasteiger partial charge >= 0.3 is 0 Å². The molecule has 1 atom stereocenters. The highest BCUT2D eigenvalue weighted by Crippen LogP contribution is 2.21. The van der Waals surface area contributed by atoms with Crippen LogP contribution >= 0.6 is 12.2 Å². The number of aryl methyl sites for hydroxylation is 2. The summed E-state index contributed by atoms with van der Waals surface area (Å²) in [6.45, 7) is 6.29. The largest absolute Gasteiger partial charge is 0.493 e. The molecule has 0 bridgehead atoms. The van der Waals surface area contributed by atoms with Crippen molar-refractivity contribution < 1.29 is 4.74 Å². The molecule has 1 aromatic carbocycles. The Kier molecular flexibility index (Phi) is 5.33. The van der Waals surface area contributed by atoms with E-state index in [0.29, 0.717) is 16.7 Å². The first kappa shape index (κ1) is 16.2. The summed E-state index contributed by atoms with van der Waals surface area (Å²) in [5.74, 6) is 1.26. The van der Waals surface area contributed by atoms with Gasteiger partial charge < -0.3 is 15.4 Å². The van der Waals surface area contributed by atoms with Crippen molar-refractivity contribution in [1.82, 2.24) is 10.3 Å². The number of rotatable bonds is 4. The number of ether oxygens (including phenoxy) is 1. The summed E-state index contributed by atoms with van der Waals surface area (Å²) in [5, 5.41) is 6.88. The maximum absolute atomic E-state index is 5.37. The zero-order chi connectivity index (χ0) is 16.1. The van der Waals surface area contributed by atoms with Crippen LogP contribution in [0.25, 0.3) is 0 Å². The van der Waals surface area contributed by atoms with Crippen molar-refractivity contribution in [3.63, 3.8) is 0 Å². The number of hydrogen-bond donors (Lipinski definition) is 2. The van der Waals surface area contributed by atoms with Crippen molar-refractivity contribution in [2.75, 3.05) is 12.4 Å². The molecule has 116 valence electrons. The zero-order valence-corrected chi connectivity index (χ0v) is 14.1. The van der Waals surface area contributed by atoms with Crippen LogP contribution in [0.5, 0.6) is 5.75 Å². The molecule has 2 N–H and O–H groups in total. The van der Waals surface area contributed by atoms with E-state index >= 15 is 0 Å². The lowest BCUT2D eigenvalue weighted by Gasteiger charge is -2.19. The topological polar surface area (TPSA) is 46.2 Å². The molecule has 5 heteroatoms. The van der Waals surface area contributed by atoms with Crippen LogP contribution in [0, 0.1) is 13.8 Å². The van der Waals surface area contributed by atoms with Crippen LogP contribution in [0.4, 0.5) is 5.82 Å². The molecule has 0 radical (unpaired) electrons. The van der Waals surface area contributed by atoms with Crippen LogP contribution in [-0.4, -0.2) is 17.2 Å². The Hall–Kier alpha value is -2.14. The minimum atomic E-state index is 0.107. The molecule has 4 nitrogen and oxygen atoms in total. The van der Waals surface area contributed by atoms with E-state index in [2.05, 4.69) is 54.6 Å². The van der Waals surface area contributed by atoms with Crippen LogP contribution in [0.3, 0.4) is 0 Å². The van der Waals surface area contributed by atoms with Gasteiger partial charge in [0.05, 0.1) is 13.2 Å². The number of nitrogens with one attached hydrogen (secondary N) is 2. The van der Waals surface area contributed by atoms with Gasteiger partial charge in [0.25, 0.3) is 0 Å². The molecule has 0 spiro atoms. The van der Waals surface area contributed by atoms with Crippen LogP contribution in [0.2, 0.25) is 0 Å². The lowest BCUT2D eigenvalue weighted by atomic mass is 10.0. The molecule has 0 unspecified atom stereocenters. The molecule has 0 saturated carbocycles. The van der Waals surface area contributed by atoms with Gasteiger partial charge in [-0.1, -0.05) is 23.8 Å². The van der Waals surface area contributed by atoms with E-state index in [1.54, 1.807) is 13.3 Å². The first-order valence-corrected chi connectivity index (χ1v) is 7.55. The number of benzene rings is 1. The van der Waals surface area contributed by atoms with Gasteiger partial charge in [-0.3, -0.25) is 0 Å². The van der Waals surface area contributed by atoms with Crippen molar-refractivity contribution in [3.05, 3.63) is 53.2 Å². The molecule has 0 aliphatic heterocycles. The van der Waals surface area contributed by atoms with Gasteiger partial charge in [0.2, 0.25) is 0 Å². The van der Waals surface area contributed by atoms with E-state index in [1.807, 2.05) is 12.1 Å². The quantitative estimate of drug-likeness (QED) is 0.841. The molecule has 22 heavy (non-hydrogen) atoms. The predicted molar refractivity (Wildman–Crippen MR) is 94.5 cm³/mol. The molecule has 2 rings (SSSR count). The third kappa shape index (κ3) is 3.95. The molecule has 0 aliphatic rings. The summed E-state index contributed by atoms with van der Waals surface area (Å²) >= 11 is 5.37. The molecule has 0 aliphatic carbocycles. The van der Waals surface area contributed by atoms with Crippen molar-refractivity contribution in [2.45, 2.75) is 26.8 Å². The van der Waals surface area contributed by atoms with Gasteiger partial charge in [-0.15, -0.1) is 0 Å². The number of nitrogens with zero attached hydrogens (tertiary/aromatic N) is 1. The summed E-state index contributed by atoms with van der Waals surface area (Å²) in [4.78, 5) is 4.24. The van der Waals surface area contributed by atoms with Crippen molar-refractivity contribution in [1.29, 1.82) is 0 Å². The van der Waals surface area contributed by atoms with Crippen molar-refractivity contribution in [2.24, 2.45) is 0 Å². The molecule has 2 aromatic rings. The molecule has 1 aromatic heterocycles. The van der Waals surface area contributed by atoms with Gasteiger partial charge in [-0.25, -0.2) is 4.98 Å². The van der Waals surface area contributed by atoms with Gasteiger partial charge in [-0.05, 0) is 56.2 Å². The summed E-state index contributed by atoms with van der Waals surface area (Å²) in [6.07, 6.45) is 1.70. The third-order valence-corrected chi connectivity index (χ3v) is 3.68. The van der Waals surface area contributed by atoms with Crippen molar-refractivity contribution in [3.8, 4) is 5.75 Å². The van der Waals surface area contributed by atoms with E-state index in [9.17, 15) is 0 Å². The van der Waals surface area contributed by atoms with Crippen LogP contribution in [-0.2, 0) is 0 Å². The Morgan fingerprint density at radius 2 is 2.05 bits per heavy atom. The van der Waals surface area contributed by atoms with Gasteiger partial charge in [-0.2, -0.15) is 0 Å². The lowest BCUT2D eigenvalue weighted by molar-refractivity contribution is 0.415. The second-order valence-corrected chi connectivity index (χ2v) is 5.64. The first-order valence-electron chi connectivity index (χ1n) is 7.15. The minimum Gasteiger partial charge on any atom is -0.493 e. The maximum Gasteiger partial charge on any atom is 0.174 e. The van der Waals surface area contributed by atoms with Crippen LogP contribution < -0.4 is 15.4 Å². The normalized spacial score (nSPS) is 11.6. The highest BCUT2D eigenvalue weighted by Gasteiger charge is 2.11. The Labute approximate surface area is 136 Å². The maximum atomic E-state index is 5.37. The molecule has 0 fully saturated rings. The SMILES string of the molecule is COc1cccnc1NC(=S)N[C@H](C)c1ccc(C)cc1C. The highest BCUT2D eigenvalue weighted by atomic mass is 32.1. The van der Waals surface area contributed by atoms with Crippen LogP contribution in [0.1, 0.15) is 29.7 Å². The Balaban J connectivity index is 2.05. The van der Waals surface area contributed by atoms with E-state index in [-0.39, 0.29) is 6.04 Å². The molecule has 0 saturated heterocycles. The van der Waals surface area contributed by atoms with E-state index in [4.69, 9.17) is 17.0 Å². The van der Waals surface area contributed by atoms with Crippen LogP contribution in [0.15, 0.2) is 36.5 Å². The fourth-order valence-corrected chi connectivity index (χ4v) is 2.65. The molecular weight excluding hydrogens is 294 g/mol. The summed E-state index contributed by atoms with van der Waals surface area (Å²) in [6, 6.07) is 10.2. The van der Waals surface area contributed by atoms with E-state index in [1.165, 1.54) is 16.7 Å². The second kappa shape index (κ2) is 7.22. The van der Waals surface area contributed by atoms with E-state index < -0.39 is 0 Å². The lowest BCUT2D eigenvalue weighted by Crippen LogP contribution is -2.31. The number of methoxy groups -OCH3 is 1. The Bertz CT molecular complexity index is 673. The third-order valence-electron chi connectivity index (χ3n) is 3.46. The average Bonchev–Trinajstić information content (AvgIpc) is 2.47. The number of aromatic nitrogens is 1. The number of pyridine rings is 1. The predicted octanol–water partition coefficient (Wildman–Crippen LogP) is 3.75. The average molecular weight is 315 g/mol. The first-order chi connectivity index (χ1) is 10.5. The number of hydrogen-bond acceptors (Lipinski definition) is 3. The Morgan fingerprint density at radius 3 is 2.73 bits per heavy atom. The van der Waals surface area contributed by atoms with Gasteiger partial charge in [0.1, 0.15) is 0 Å². The fraction of sp³-hybridized carbons (Fsp3) is 0.294. The van der Waals surface area contributed by atoms with Gasteiger partial charge in [0, 0.05) is 6.20 Å². The molecule has 0 amide bonds. The molecule has 1 heterocycles. The minimum absolute atomic E-state index is 0.107. The van der Waals surface area contributed by atoms with E-state index in [0.717, 1.165) is 0 Å².